The fourth-order valence-corrected chi connectivity index (χ4v) is 4.49. The summed E-state index contributed by atoms with van der Waals surface area (Å²) >= 11 is 0. The van der Waals surface area contributed by atoms with E-state index in [1.165, 1.54) is 18.1 Å². The van der Waals surface area contributed by atoms with Crippen molar-refractivity contribution in [2.75, 3.05) is 0 Å². The number of carbonyl (C=O) groups is 2. The highest BCUT2D eigenvalue weighted by molar-refractivity contribution is 6.10. The molecule has 0 radical (unpaired) electrons. The number of hydrogen-bond acceptors (Lipinski definition) is 3. The summed E-state index contributed by atoms with van der Waals surface area (Å²) in [6, 6.07) is 17.3. The number of ketones is 1. The first kappa shape index (κ1) is 20.3. The predicted octanol–water partition coefficient (Wildman–Crippen LogP) is 6.35. The van der Waals surface area contributed by atoms with Gasteiger partial charge in [-0.15, -0.1) is 0 Å². The van der Waals surface area contributed by atoms with E-state index in [2.05, 4.69) is 39.8 Å². The summed E-state index contributed by atoms with van der Waals surface area (Å²) in [5.74, 6) is 0.191. The van der Waals surface area contributed by atoms with Crippen LogP contribution in [0.15, 0.2) is 54.6 Å². The van der Waals surface area contributed by atoms with Gasteiger partial charge in [0.15, 0.2) is 5.78 Å². The molecule has 3 heteroatoms. The molecule has 1 aliphatic rings. The third kappa shape index (κ3) is 3.65. The number of carbonyl (C=O) groups excluding carboxylic acids is 2. The van der Waals surface area contributed by atoms with Crippen molar-refractivity contribution in [2.45, 2.75) is 58.3 Å². The fourth-order valence-electron chi connectivity index (χ4n) is 4.49. The smallest absolute Gasteiger partial charge is 0.308 e. The Hall–Kier alpha value is -2.94. The lowest BCUT2D eigenvalue weighted by atomic mass is 9.63. The largest absolute Gasteiger partial charge is 0.427 e. The molecule has 0 N–H and O–H groups in total. The third-order valence-electron chi connectivity index (χ3n) is 6.45. The molecule has 3 nitrogen and oxygen atoms in total. The first-order valence-electron chi connectivity index (χ1n) is 10.5. The molecule has 3 aromatic carbocycles. The molecule has 0 saturated carbocycles. The molecule has 4 rings (SSSR count). The Labute approximate surface area is 178 Å². The topological polar surface area (TPSA) is 43.4 Å². The predicted molar refractivity (Wildman–Crippen MR) is 120 cm³/mol. The Bertz CT molecular complexity index is 1170. The van der Waals surface area contributed by atoms with E-state index in [0.29, 0.717) is 11.3 Å². The molecular weight excluding hydrogens is 372 g/mol. The fraction of sp³-hybridized carbons (Fsp3) is 0.333. The van der Waals surface area contributed by atoms with E-state index in [1.54, 1.807) is 6.07 Å². The van der Waals surface area contributed by atoms with E-state index >= 15 is 0 Å². The van der Waals surface area contributed by atoms with Gasteiger partial charge in [0.25, 0.3) is 0 Å². The van der Waals surface area contributed by atoms with Crippen molar-refractivity contribution in [3.8, 4) is 5.75 Å². The lowest BCUT2D eigenvalue weighted by Crippen LogP contribution is -2.34. The van der Waals surface area contributed by atoms with Gasteiger partial charge in [0.1, 0.15) is 5.75 Å². The highest BCUT2D eigenvalue weighted by atomic mass is 16.5. The zero-order valence-corrected chi connectivity index (χ0v) is 18.3. The molecule has 0 bridgehead atoms. The second-order valence-corrected chi connectivity index (χ2v) is 9.67. The number of fused-ring (bicyclic) bond motifs is 2. The van der Waals surface area contributed by atoms with Crippen molar-refractivity contribution < 1.29 is 14.3 Å². The molecule has 0 spiro atoms. The summed E-state index contributed by atoms with van der Waals surface area (Å²) in [4.78, 5) is 24.5. The SMILES string of the molecule is CC(=O)Oc1ccc2cc(C(=O)c3ccc4c(c3)C(C)(C)CCC4(C)C)ccc2c1. The van der Waals surface area contributed by atoms with Gasteiger partial charge in [0.2, 0.25) is 0 Å². The molecule has 154 valence electrons. The van der Waals surface area contributed by atoms with Crippen LogP contribution in [0.25, 0.3) is 10.8 Å². The standard InChI is InChI=1S/C27H28O3/c1-17(28)30-22-10-8-18-14-20(7-6-19(18)15-22)25(29)21-9-11-23-24(16-21)27(4,5)13-12-26(23,2)3/h6-11,14-16H,12-13H2,1-5H3. The van der Waals surface area contributed by atoms with E-state index in [1.807, 2.05) is 36.4 Å². The maximum absolute atomic E-state index is 13.3. The normalized spacial score (nSPS) is 16.7. The maximum Gasteiger partial charge on any atom is 0.308 e. The summed E-state index contributed by atoms with van der Waals surface area (Å²) < 4.78 is 5.15. The molecule has 30 heavy (non-hydrogen) atoms. The molecule has 3 aromatic rings. The van der Waals surface area contributed by atoms with Crippen LogP contribution in [0.1, 0.15) is 74.5 Å². The highest BCUT2D eigenvalue weighted by Crippen LogP contribution is 2.46. The van der Waals surface area contributed by atoms with Crippen LogP contribution in [0.5, 0.6) is 5.75 Å². The van der Waals surface area contributed by atoms with Crippen molar-refractivity contribution in [3.63, 3.8) is 0 Å². The van der Waals surface area contributed by atoms with E-state index in [9.17, 15) is 9.59 Å². The molecule has 0 amide bonds. The minimum absolute atomic E-state index is 0.0305. The summed E-state index contributed by atoms with van der Waals surface area (Å²) in [6.07, 6.45) is 2.27. The van der Waals surface area contributed by atoms with Crippen LogP contribution in [0.2, 0.25) is 0 Å². The minimum atomic E-state index is -0.348. The van der Waals surface area contributed by atoms with Gasteiger partial charge in [-0.2, -0.15) is 0 Å². The van der Waals surface area contributed by atoms with Crippen LogP contribution < -0.4 is 4.74 Å². The Balaban J connectivity index is 1.71. The Kier molecular flexibility index (Phi) is 4.80. The number of ether oxygens (including phenoxy) is 1. The summed E-state index contributed by atoms with van der Waals surface area (Å²) in [5.41, 5.74) is 4.24. The van der Waals surface area contributed by atoms with Crippen molar-refractivity contribution in [2.24, 2.45) is 0 Å². The first-order chi connectivity index (χ1) is 14.1. The Morgan fingerprint density at radius 3 is 2.00 bits per heavy atom. The van der Waals surface area contributed by atoms with Crippen molar-refractivity contribution in [1.29, 1.82) is 0 Å². The number of hydrogen-bond donors (Lipinski definition) is 0. The van der Waals surface area contributed by atoms with Gasteiger partial charge in [0, 0.05) is 18.1 Å². The van der Waals surface area contributed by atoms with Gasteiger partial charge >= 0.3 is 5.97 Å². The van der Waals surface area contributed by atoms with Gasteiger partial charge in [-0.1, -0.05) is 58.0 Å². The molecule has 0 aromatic heterocycles. The van der Waals surface area contributed by atoms with Crippen LogP contribution in [-0.2, 0) is 15.6 Å². The van der Waals surface area contributed by atoms with Crippen molar-refractivity contribution in [3.05, 3.63) is 76.9 Å². The first-order valence-corrected chi connectivity index (χ1v) is 10.5. The van der Waals surface area contributed by atoms with E-state index in [4.69, 9.17) is 4.74 Å². The van der Waals surface area contributed by atoms with Gasteiger partial charge in [-0.05, 0) is 69.8 Å². The monoisotopic (exact) mass is 400 g/mol. The number of benzene rings is 3. The molecule has 0 fully saturated rings. The number of rotatable bonds is 3. The quantitative estimate of drug-likeness (QED) is 0.292. The number of esters is 1. The second-order valence-electron chi connectivity index (χ2n) is 9.67. The third-order valence-corrected chi connectivity index (χ3v) is 6.45. The summed E-state index contributed by atoms with van der Waals surface area (Å²) in [5, 5.41) is 1.87. The summed E-state index contributed by atoms with van der Waals surface area (Å²) in [6.45, 7) is 10.5. The summed E-state index contributed by atoms with van der Waals surface area (Å²) in [7, 11) is 0. The average molecular weight is 401 g/mol. The van der Waals surface area contributed by atoms with Gasteiger partial charge in [-0.3, -0.25) is 9.59 Å². The van der Waals surface area contributed by atoms with Crippen molar-refractivity contribution >= 4 is 22.5 Å². The van der Waals surface area contributed by atoms with Gasteiger partial charge in [-0.25, -0.2) is 0 Å². The lowest BCUT2D eigenvalue weighted by molar-refractivity contribution is -0.131. The second kappa shape index (κ2) is 7.09. The lowest BCUT2D eigenvalue weighted by Gasteiger charge is -2.42. The zero-order valence-electron chi connectivity index (χ0n) is 18.3. The minimum Gasteiger partial charge on any atom is -0.427 e. The molecule has 0 heterocycles. The van der Waals surface area contributed by atoms with Crippen molar-refractivity contribution in [1.82, 2.24) is 0 Å². The van der Waals surface area contributed by atoms with Crippen LogP contribution in [0, 0.1) is 0 Å². The van der Waals surface area contributed by atoms with E-state index < -0.39 is 0 Å². The molecule has 0 unspecified atom stereocenters. The molecule has 0 atom stereocenters. The molecule has 1 aliphatic carbocycles. The zero-order chi connectivity index (χ0) is 21.7. The molecule has 0 aliphatic heterocycles. The molecular formula is C27H28O3. The van der Waals surface area contributed by atoms with Crippen LogP contribution >= 0.6 is 0 Å². The van der Waals surface area contributed by atoms with Crippen LogP contribution in [0.3, 0.4) is 0 Å². The Morgan fingerprint density at radius 2 is 1.30 bits per heavy atom. The Morgan fingerprint density at radius 1 is 0.733 bits per heavy atom. The van der Waals surface area contributed by atoms with Crippen LogP contribution in [0.4, 0.5) is 0 Å². The average Bonchev–Trinajstić information content (AvgIpc) is 2.70. The van der Waals surface area contributed by atoms with Gasteiger partial charge < -0.3 is 4.74 Å². The van der Waals surface area contributed by atoms with Crippen LogP contribution in [-0.4, -0.2) is 11.8 Å². The van der Waals surface area contributed by atoms with Gasteiger partial charge in [0.05, 0.1) is 0 Å². The highest BCUT2D eigenvalue weighted by Gasteiger charge is 2.37. The maximum atomic E-state index is 13.3. The van der Waals surface area contributed by atoms with E-state index in [0.717, 1.165) is 29.2 Å². The van der Waals surface area contributed by atoms with E-state index in [-0.39, 0.29) is 22.6 Å². The molecule has 0 saturated heterocycles.